The molecule has 0 unspecified atom stereocenters. The molecular weight excluding hydrogens is 270 g/mol. The fourth-order valence-electron chi connectivity index (χ4n) is 2.29. The van der Waals surface area contributed by atoms with Gasteiger partial charge in [0.1, 0.15) is 5.75 Å². The van der Waals surface area contributed by atoms with Crippen molar-refractivity contribution in [3.8, 4) is 5.75 Å². The lowest BCUT2D eigenvalue weighted by Crippen LogP contribution is -2.17. The second kappa shape index (κ2) is 8.13. The fraction of sp³-hybridized carbons (Fsp3) is 0.412. The van der Waals surface area contributed by atoms with Gasteiger partial charge in [0.15, 0.2) is 0 Å². The second-order valence-corrected chi connectivity index (χ2v) is 5.33. The zero-order valence-corrected chi connectivity index (χ0v) is 13.3. The molecule has 0 fully saturated rings. The molecule has 2 aromatic rings. The van der Waals surface area contributed by atoms with Crippen LogP contribution in [-0.2, 0) is 6.54 Å². The quantitative estimate of drug-likeness (QED) is 0.797. The van der Waals surface area contributed by atoms with E-state index in [-0.39, 0.29) is 12.4 Å². The predicted molar refractivity (Wildman–Crippen MR) is 88.9 cm³/mol. The van der Waals surface area contributed by atoms with Crippen molar-refractivity contribution in [1.82, 2.24) is 5.32 Å². The van der Waals surface area contributed by atoms with Crippen molar-refractivity contribution in [2.45, 2.75) is 26.8 Å². The summed E-state index contributed by atoms with van der Waals surface area (Å²) in [7, 11) is 1.74. The standard InChI is InChI=1S/C17H23NO.ClH/c1-13(2)10-11-18-12-16-15-7-5-4-6-14(15)8-9-17(16)19-3;/h4-9,13,18H,10-12H2,1-3H3;1H. The highest BCUT2D eigenvalue weighted by atomic mass is 35.5. The first-order valence-electron chi connectivity index (χ1n) is 6.97. The van der Waals surface area contributed by atoms with Gasteiger partial charge in [-0.25, -0.2) is 0 Å². The molecule has 0 saturated carbocycles. The summed E-state index contributed by atoms with van der Waals surface area (Å²) in [5.41, 5.74) is 1.25. The van der Waals surface area contributed by atoms with E-state index < -0.39 is 0 Å². The van der Waals surface area contributed by atoms with Gasteiger partial charge in [-0.3, -0.25) is 0 Å². The molecule has 0 spiro atoms. The molecular formula is C17H24ClNO. The average molecular weight is 294 g/mol. The van der Waals surface area contributed by atoms with Crippen molar-refractivity contribution in [2.75, 3.05) is 13.7 Å². The van der Waals surface area contributed by atoms with Gasteiger partial charge in [-0.2, -0.15) is 0 Å². The number of benzene rings is 2. The molecule has 20 heavy (non-hydrogen) atoms. The van der Waals surface area contributed by atoms with Crippen molar-refractivity contribution < 1.29 is 4.74 Å². The molecule has 0 heterocycles. The number of hydrogen-bond acceptors (Lipinski definition) is 2. The normalized spacial score (nSPS) is 10.6. The first kappa shape index (κ1) is 16.8. The van der Waals surface area contributed by atoms with Gasteiger partial charge < -0.3 is 10.1 Å². The summed E-state index contributed by atoms with van der Waals surface area (Å²) in [5, 5.41) is 6.06. The molecule has 2 nitrogen and oxygen atoms in total. The number of hydrogen-bond donors (Lipinski definition) is 1. The van der Waals surface area contributed by atoms with Gasteiger partial charge >= 0.3 is 0 Å². The number of rotatable bonds is 6. The topological polar surface area (TPSA) is 21.3 Å². The number of ether oxygens (including phenoxy) is 1. The van der Waals surface area contributed by atoms with E-state index in [1.54, 1.807) is 7.11 Å². The zero-order chi connectivity index (χ0) is 13.7. The summed E-state index contributed by atoms with van der Waals surface area (Å²) in [6, 6.07) is 12.6. The molecule has 1 N–H and O–H groups in total. The van der Waals surface area contributed by atoms with E-state index in [1.165, 1.54) is 22.8 Å². The molecule has 0 aliphatic rings. The van der Waals surface area contributed by atoms with Crippen LogP contribution in [0.3, 0.4) is 0 Å². The maximum Gasteiger partial charge on any atom is 0.123 e. The third kappa shape index (κ3) is 4.12. The van der Waals surface area contributed by atoms with E-state index in [9.17, 15) is 0 Å². The second-order valence-electron chi connectivity index (χ2n) is 5.33. The highest BCUT2D eigenvalue weighted by molar-refractivity contribution is 5.87. The Hall–Kier alpha value is -1.25. The first-order chi connectivity index (χ1) is 9.22. The van der Waals surface area contributed by atoms with Crippen LogP contribution in [0.1, 0.15) is 25.8 Å². The summed E-state index contributed by atoms with van der Waals surface area (Å²) in [6.45, 7) is 6.40. The van der Waals surface area contributed by atoms with Crippen molar-refractivity contribution in [1.29, 1.82) is 0 Å². The molecule has 3 heteroatoms. The summed E-state index contributed by atoms with van der Waals surface area (Å²) >= 11 is 0. The van der Waals surface area contributed by atoms with Crippen LogP contribution >= 0.6 is 12.4 Å². The Balaban J connectivity index is 0.00000200. The van der Waals surface area contributed by atoms with E-state index in [4.69, 9.17) is 4.74 Å². The highest BCUT2D eigenvalue weighted by Gasteiger charge is 2.07. The van der Waals surface area contributed by atoms with Crippen LogP contribution in [0.5, 0.6) is 5.75 Å². The molecule has 0 saturated heterocycles. The fourth-order valence-corrected chi connectivity index (χ4v) is 2.29. The summed E-state index contributed by atoms with van der Waals surface area (Å²) in [4.78, 5) is 0. The van der Waals surface area contributed by atoms with Crippen molar-refractivity contribution in [3.05, 3.63) is 42.0 Å². The first-order valence-corrected chi connectivity index (χ1v) is 6.97. The Labute approximate surface area is 127 Å². The molecule has 0 aromatic heterocycles. The van der Waals surface area contributed by atoms with Crippen molar-refractivity contribution in [2.24, 2.45) is 5.92 Å². The average Bonchev–Trinajstić information content (AvgIpc) is 2.43. The monoisotopic (exact) mass is 293 g/mol. The number of fused-ring (bicyclic) bond motifs is 1. The lowest BCUT2D eigenvalue weighted by atomic mass is 10.0. The molecule has 2 aromatic carbocycles. The lowest BCUT2D eigenvalue weighted by Gasteiger charge is -2.13. The Morgan fingerprint density at radius 3 is 2.55 bits per heavy atom. The number of methoxy groups -OCH3 is 1. The van der Waals surface area contributed by atoms with Crippen molar-refractivity contribution >= 4 is 23.2 Å². The summed E-state index contributed by atoms with van der Waals surface area (Å²) in [6.07, 6.45) is 1.20. The van der Waals surface area contributed by atoms with Crippen LogP contribution in [0.25, 0.3) is 10.8 Å². The van der Waals surface area contributed by atoms with Crippen LogP contribution in [0.4, 0.5) is 0 Å². The van der Waals surface area contributed by atoms with Gasteiger partial charge in [-0.05, 0) is 35.7 Å². The Kier molecular flexibility index (Phi) is 6.83. The van der Waals surface area contributed by atoms with Gasteiger partial charge in [0.05, 0.1) is 7.11 Å². The van der Waals surface area contributed by atoms with E-state index in [0.717, 1.165) is 24.8 Å². The predicted octanol–water partition coefficient (Wildman–Crippen LogP) is 4.41. The zero-order valence-electron chi connectivity index (χ0n) is 12.5. The summed E-state index contributed by atoms with van der Waals surface area (Å²) in [5.74, 6) is 1.71. The minimum atomic E-state index is 0. The molecule has 0 aliphatic carbocycles. The SMILES string of the molecule is COc1ccc2ccccc2c1CNCCC(C)C.Cl. The molecule has 2 rings (SSSR count). The number of halogens is 1. The maximum atomic E-state index is 5.49. The van der Waals surface area contributed by atoms with Crippen LogP contribution < -0.4 is 10.1 Å². The third-order valence-electron chi connectivity index (χ3n) is 3.42. The maximum absolute atomic E-state index is 5.49. The summed E-state index contributed by atoms with van der Waals surface area (Å²) < 4.78 is 5.49. The molecule has 110 valence electrons. The van der Waals surface area contributed by atoms with Crippen LogP contribution in [0, 0.1) is 5.92 Å². The largest absolute Gasteiger partial charge is 0.496 e. The highest BCUT2D eigenvalue weighted by Crippen LogP contribution is 2.27. The Morgan fingerprint density at radius 1 is 1.10 bits per heavy atom. The van der Waals surface area contributed by atoms with Gasteiger partial charge in [-0.1, -0.05) is 44.2 Å². The minimum Gasteiger partial charge on any atom is -0.496 e. The molecule has 0 aliphatic heterocycles. The smallest absolute Gasteiger partial charge is 0.123 e. The third-order valence-corrected chi connectivity index (χ3v) is 3.42. The lowest BCUT2D eigenvalue weighted by molar-refractivity contribution is 0.408. The van der Waals surface area contributed by atoms with E-state index in [0.29, 0.717) is 0 Å². The van der Waals surface area contributed by atoms with Crippen LogP contribution in [0.15, 0.2) is 36.4 Å². The Bertz CT molecular complexity index is 540. The number of nitrogens with one attached hydrogen (secondary N) is 1. The van der Waals surface area contributed by atoms with Gasteiger partial charge in [0, 0.05) is 12.1 Å². The molecule has 0 bridgehead atoms. The van der Waals surface area contributed by atoms with E-state index in [1.807, 2.05) is 0 Å². The minimum absolute atomic E-state index is 0. The van der Waals surface area contributed by atoms with Gasteiger partial charge in [0.2, 0.25) is 0 Å². The van der Waals surface area contributed by atoms with Gasteiger partial charge in [0.25, 0.3) is 0 Å². The van der Waals surface area contributed by atoms with Crippen molar-refractivity contribution in [3.63, 3.8) is 0 Å². The van der Waals surface area contributed by atoms with Gasteiger partial charge in [-0.15, -0.1) is 12.4 Å². The Morgan fingerprint density at radius 2 is 1.85 bits per heavy atom. The van der Waals surface area contributed by atoms with Crippen LogP contribution in [-0.4, -0.2) is 13.7 Å². The van der Waals surface area contributed by atoms with Crippen LogP contribution in [0.2, 0.25) is 0 Å². The molecule has 0 radical (unpaired) electrons. The van der Waals surface area contributed by atoms with E-state index in [2.05, 4.69) is 55.6 Å². The van der Waals surface area contributed by atoms with E-state index >= 15 is 0 Å². The molecule has 0 amide bonds. The molecule has 0 atom stereocenters.